The molecule has 20 heavy (non-hydrogen) atoms. The van der Waals surface area contributed by atoms with Crippen LogP contribution in [0.3, 0.4) is 0 Å². The molecule has 1 aromatic carbocycles. The molecule has 0 saturated heterocycles. The number of nitrogens with one attached hydrogen (secondary N) is 1. The highest BCUT2D eigenvalue weighted by molar-refractivity contribution is 7.87. The molecule has 0 bridgehead atoms. The van der Waals surface area contributed by atoms with Gasteiger partial charge in [-0.15, -0.1) is 0 Å². The summed E-state index contributed by atoms with van der Waals surface area (Å²) >= 11 is 0. The lowest BCUT2D eigenvalue weighted by Crippen LogP contribution is -2.51. The molecule has 0 aliphatic rings. The second-order valence-electron chi connectivity index (χ2n) is 4.35. The predicted molar refractivity (Wildman–Crippen MR) is 78.1 cm³/mol. The molecule has 1 aromatic rings. The third-order valence-corrected chi connectivity index (χ3v) is 4.74. The number of hydrogen-bond donors (Lipinski definition) is 2. The maximum atomic E-state index is 12.1. The van der Waals surface area contributed by atoms with Crippen LogP contribution in [-0.2, 0) is 21.4 Å². The first-order chi connectivity index (χ1) is 9.40. The van der Waals surface area contributed by atoms with E-state index in [1.54, 1.807) is 13.8 Å². The van der Waals surface area contributed by atoms with Gasteiger partial charge in [0.25, 0.3) is 10.2 Å². The molecule has 0 heterocycles. The van der Waals surface area contributed by atoms with E-state index in [0.717, 1.165) is 5.56 Å². The predicted octanol–water partition coefficient (Wildman–Crippen LogP) is 0.259. The van der Waals surface area contributed by atoms with E-state index in [2.05, 4.69) is 4.72 Å². The van der Waals surface area contributed by atoms with Crippen molar-refractivity contribution in [1.82, 2.24) is 9.03 Å². The van der Waals surface area contributed by atoms with Crippen LogP contribution in [-0.4, -0.2) is 37.8 Å². The summed E-state index contributed by atoms with van der Waals surface area (Å²) in [4.78, 5) is 11.5. The molecule has 0 fully saturated rings. The number of hydrogen-bond acceptors (Lipinski definition) is 3. The zero-order valence-electron chi connectivity index (χ0n) is 11.7. The third-order valence-electron chi connectivity index (χ3n) is 2.96. The number of rotatable bonds is 8. The Morgan fingerprint density at radius 2 is 1.80 bits per heavy atom. The van der Waals surface area contributed by atoms with Gasteiger partial charge >= 0.3 is 0 Å². The summed E-state index contributed by atoms with van der Waals surface area (Å²) in [6.45, 7) is 4.14. The molecule has 0 aromatic heterocycles. The van der Waals surface area contributed by atoms with Gasteiger partial charge in [-0.05, 0) is 12.0 Å². The molecule has 112 valence electrons. The van der Waals surface area contributed by atoms with Gasteiger partial charge < -0.3 is 5.73 Å². The van der Waals surface area contributed by atoms with Crippen molar-refractivity contribution < 1.29 is 13.2 Å². The summed E-state index contributed by atoms with van der Waals surface area (Å²) in [5.41, 5.74) is 6.14. The summed E-state index contributed by atoms with van der Waals surface area (Å²) in [6.07, 6.45) is 0.233. The quantitative estimate of drug-likeness (QED) is 0.721. The summed E-state index contributed by atoms with van der Waals surface area (Å²) in [5, 5.41) is 0. The van der Waals surface area contributed by atoms with Crippen molar-refractivity contribution in [2.45, 2.75) is 26.3 Å². The zero-order valence-corrected chi connectivity index (χ0v) is 12.6. The molecule has 1 atom stereocenters. The summed E-state index contributed by atoms with van der Waals surface area (Å²) in [5.74, 6) is -0.690. The molecule has 0 radical (unpaired) electrons. The first-order valence-corrected chi connectivity index (χ1v) is 7.95. The number of amides is 1. The lowest BCUT2D eigenvalue weighted by molar-refractivity contribution is -0.119. The van der Waals surface area contributed by atoms with Crippen LogP contribution in [0.15, 0.2) is 30.3 Å². The molecule has 1 unspecified atom stereocenters. The Hall–Kier alpha value is -1.44. The highest BCUT2D eigenvalue weighted by Crippen LogP contribution is 2.06. The van der Waals surface area contributed by atoms with Gasteiger partial charge in [0.1, 0.15) is 6.04 Å². The van der Waals surface area contributed by atoms with E-state index in [4.69, 9.17) is 5.73 Å². The van der Waals surface area contributed by atoms with Gasteiger partial charge in [-0.3, -0.25) is 4.79 Å². The van der Waals surface area contributed by atoms with E-state index in [-0.39, 0.29) is 6.42 Å². The first kappa shape index (κ1) is 16.6. The maximum Gasteiger partial charge on any atom is 0.280 e. The second kappa shape index (κ2) is 7.37. The van der Waals surface area contributed by atoms with Crippen LogP contribution in [0, 0.1) is 0 Å². The second-order valence-corrected chi connectivity index (χ2v) is 6.05. The minimum absolute atomic E-state index is 0.233. The minimum atomic E-state index is -3.70. The Labute approximate surface area is 120 Å². The minimum Gasteiger partial charge on any atom is -0.368 e. The topological polar surface area (TPSA) is 92.5 Å². The molecule has 3 N–H and O–H groups in total. The van der Waals surface area contributed by atoms with E-state index >= 15 is 0 Å². The fourth-order valence-corrected chi connectivity index (χ4v) is 3.26. The molecule has 1 amide bonds. The summed E-state index contributed by atoms with van der Waals surface area (Å²) in [6, 6.07) is 8.19. The molecule has 0 saturated carbocycles. The van der Waals surface area contributed by atoms with E-state index in [1.807, 2.05) is 30.3 Å². The third kappa shape index (κ3) is 4.59. The van der Waals surface area contributed by atoms with Gasteiger partial charge in [0.05, 0.1) is 0 Å². The van der Waals surface area contributed by atoms with Crippen molar-refractivity contribution in [3.05, 3.63) is 35.9 Å². The zero-order chi connectivity index (χ0) is 15.2. The molecule has 6 nitrogen and oxygen atoms in total. The van der Waals surface area contributed by atoms with Gasteiger partial charge in [-0.1, -0.05) is 44.2 Å². The monoisotopic (exact) mass is 299 g/mol. The van der Waals surface area contributed by atoms with Crippen LogP contribution >= 0.6 is 0 Å². The molecule has 0 aliphatic carbocycles. The standard InChI is InChI=1S/C13H21N3O3S/c1-3-16(4-2)20(18,19)15-12(13(14)17)10-11-8-6-5-7-9-11/h5-9,12,15H,3-4,10H2,1-2H3,(H2,14,17). The van der Waals surface area contributed by atoms with Crippen molar-refractivity contribution in [2.75, 3.05) is 13.1 Å². The Bertz CT molecular complexity index is 527. The van der Waals surface area contributed by atoms with Gasteiger partial charge in [-0.25, -0.2) is 0 Å². The molecule has 0 spiro atoms. The molecule has 0 aliphatic heterocycles. The lowest BCUT2D eigenvalue weighted by Gasteiger charge is -2.22. The largest absolute Gasteiger partial charge is 0.368 e. The van der Waals surface area contributed by atoms with Crippen LogP contribution in [0.25, 0.3) is 0 Å². The van der Waals surface area contributed by atoms with E-state index < -0.39 is 22.2 Å². The first-order valence-electron chi connectivity index (χ1n) is 6.51. The Morgan fingerprint density at radius 1 is 1.25 bits per heavy atom. The van der Waals surface area contributed by atoms with Crippen LogP contribution in [0.1, 0.15) is 19.4 Å². The van der Waals surface area contributed by atoms with Crippen LogP contribution < -0.4 is 10.5 Å². The van der Waals surface area contributed by atoms with Gasteiger partial charge in [0, 0.05) is 13.1 Å². The number of benzene rings is 1. The molecule has 7 heteroatoms. The molecule has 1 rings (SSSR count). The van der Waals surface area contributed by atoms with Crippen LogP contribution in [0.4, 0.5) is 0 Å². The van der Waals surface area contributed by atoms with Gasteiger partial charge in [0.2, 0.25) is 5.91 Å². The van der Waals surface area contributed by atoms with Gasteiger partial charge in [-0.2, -0.15) is 17.4 Å². The van der Waals surface area contributed by atoms with Gasteiger partial charge in [0.15, 0.2) is 0 Å². The van der Waals surface area contributed by atoms with E-state index in [9.17, 15) is 13.2 Å². The highest BCUT2D eigenvalue weighted by Gasteiger charge is 2.26. The number of primary amides is 1. The smallest absolute Gasteiger partial charge is 0.280 e. The van der Waals surface area contributed by atoms with E-state index in [1.165, 1.54) is 4.31 Å². The Balaban J connectivity index is 2.86. The Kier molecular flexibility index (Phi) is 6.12. The summed E-state index contributed by atoms with van der Waals surface area (Å²) < 4.78 is 27.8. The summed E-state index contributed by atoms with van der Waals surface area (Å²) in [7, 11) is -3.70. The van der Waals surface area contributed by atoms with Crippen molar-refractivity contribution in [3.8, 4) is 0 Å². The van der Waals surface area contributed by atoms with Crippen LogP contribution in [0.5, 0.6) is 0 Å². The lowest BCUT2D eigenvalue weighted by atomic mass is 10.1. The fourth-order valence-electron chi connectivity index (χ4n) is 1.87. The van der Waals surface area contributed by atoms with Crippen molar-refractivity contribution in [1.29, 1.82) is 0 Å². The van der Waals surface area contributed by atoms with Crippen LogP contribution in [0.2, 0.25) is 0 Å². The SMILES string of the molecule is CCN(CC)S(=O)(=O)NC(Cc1ccccc1)C(N)=O. The van der Waals surface area contributed by atoms with Crippen molar-refractivity contribution in [3.63, 3.8) is 0 Å². The number of nitrogens with two attached hydrogens (primary N) is 1. The molecular formula is C13H21N3O3S. The number of carbonyl (C=O) groups is 1. The highest BCUT2D eigenvalue weighted by atomic mass is 32.2. The van der Waals surface area contributed by atoms with Crippen molar-refractivity contribution >= 4 is 16.1 Å². The molecular weight excluding hydrogens is 278 g/mol. The average Bonchev–Trinajstić information content (AvgIpc) is 2.39. The normalized spacial score (nSPS) is 13.3. The van der Waals surface area contributed by atoms with Crippen molar-refractivity contribution in [2.24, 2.45) is 5.73 Å². The Morgan fingerprint density at radius 3 is 2.25 bits per heavy atom. The number of carbonyl (C=O) groups excluding carboxylic acids is 1. The maximum absolute atomic E-state index is 12.1. The fraction of sp³-hybridized carbons (Fsp3) is 0.462. The van der Waals surface area contributed by atoms with E-state index in [0.29, 0.717) is 13.1 Å². The average molecular weight is 299 g/mol. The number of nitrogens with zero attached hydrogens (tertiary/aromatic N) is 1.